The van der Waals surface area contributed by atoms with Crippen LogP contribution in [-0.2, 0) is 0 Å². The van der Waals surface area contributed by atoms with Gasteiger partial charge in [-0.3, -0.25) is 10.1 Å². The Morgan fingerprint density at radius 2 is 2.31 bits per heavy atom. The summed E-state index contributed by atoms with van der Waals surface area (Å²) in [4.78, 5) is 15.1. The number of aliphatic imine (C=N–C) groups is 1. The van der Waals surface area contributed by atoms with Crippen molar-refractivity contribution in [2.75, 3.05) is 13.1 Å². The van der Waals surface area contributed by atoms with Crippen LogP contribution < -0.4 is 5.73 Å². The lowest BCUT2D eigenvalue weighted by Crippen LogP contribution is -2.04. The molecule has 0 spiro atoms. The third kappa shape index (κ3) is 2.66. The highest BCUT2D eigenvalue weighted by Gasteiger charge is 2.15. The molecular weight excluding hydrogens is 208 g/mol. The van der Waals surface area contributed by atoms with Crippen molar-refractivity contribution in [3.8, 4) is 0 Å². The van der Waals surface area contributed by atoms with Gasteiger partial charge in [-0.05, 0) is 26.8 Å². The minimum atomic E-state index is -1.01. The van der Waals surface area contributed by atoms with Crippen molar-refractivity contribution in [1.29, 1.82) is 0 Å². The zero-order valence-corrected chi connectivity index (χ0v) is 9.45. The topological polar surface area (TPSA) is 104 Å². The zero-order chi connectivity index (χ0) is 12.1. The number of carboxylic acid groups (broad SMARTS) is 1. The van der Waals surface area contributed by atoms with E-state index in [1.165, 1.54) is 0 Å². The average Bonchev–Trinajstić information content (AvgIpc) is 2.60. The van der Waals surface area contributed by atoms with Crippen molar-refractivity contribution in [2.45, 2.75) is 20.3 Å². The summed E-state index contributed by atoms with van der Waals surface area (Å²) in [6.07, 6.45) is 0.812. The van der Waals surface area contributed by atoms with Gasteiger partial charge in [0, 0.05) is 12.1 Å². The first-order valence-electron chi connectivity index (χ1n) is 5.07. The van der Waals surface area contributed by atoms with E-state index in [4.69, 9.17) is 10.8 Å². The number of hydrogen-bond acceptors (Lipinski definition) is 4. The molecule has 0 saturated carbocycles. The summed E-state index contributed by atoms with van der Waals surface area (Å²) in [7, 11) is 0. The largest absolute Gasteiger partial charge is 0.477 e. The summed E-state index contributed by atoms with van der Waals surface area (Å²) in [6.45, 7) is 4.75. The Balaban J connectivity index is 2.88. The van der Waals surface area contributed by atoms with Gasteiger partial charge >= 0.3 is 5.97 Å². The third-order valence-electron chi connectivity index (χ3n) is 2.28. The van der Waals surface area contributed by atoms with Crippen LogP contribution in [0.4, 0.5) is 0 Å². The fraction of sp³-hybridized carbons (Fsp3) is 0.500. The molecule has 4 N–H and O–H groups in total. The van der Waals surface area contributed by atoms with Crippen molar-refractivity contribution >= 4 is 11.7 Å². The van der Waals surface area contributed by atoms with Gasteiger partial charge in [0.25, 0.3) is 0 Å². The molecule has 0 amide bonds. The molecule has 0 aromatic carbocycles. The van der Waals surface area contributed by atoms with E-state index in [2.05, 4.69) is 15.2 Å². The lowest BCUT2D eigenvalue weighted by molar-refractivity contribution is 0.0689. The molecule has 0 atom stereocenters. The Hall–Kier alpha value is -1.69. The molecule has 0 aliphatic carbocycles. The first kappa shape index (κ1) is 12.4. The maximum absolute atomic E-state index is 10.8. The molecule has 0 radical (unpaired) electrons. The molecule has 1 heterocycles. The Morgan fingerprint density at radius 3 is 2.81 bits per heavy atom. The summed E-state index contributed by atoms with van der Waals surface area (Å²) >= 11 is 0. The standard InChI is InChI=1S/C10H16N4O2/c1-6-8(7(2)12-5-3-4-11)13-14-9(6)10(15)16/h3-5,11H2,1-2H3,(H,13,14)(H,15,16). The van der Waals surface area contributed by atoms with E-state index >= 15 is 0 Å². The molecule has 16 heavy (non-hydrogen) atoms. The molecule has 1 aromatic heterocycles. The van der Waals surface area contributed by atoms with Crippen molar-refractivity contribution in [1.82, 2.24) is 10.2 Å². The first-order valence-corrected chi connectivity index (χ1v) is 5.07. The minimum Gasteiger partial charge on any atom is -0.477 e. The van der Waals surface area contributed by atoms with Gasteiger partial charge in [-0.2, -0.15) is 5.10 Å². The number of carboxylic acids is 1. The van der Waals surface area contributed by atoms with Gasteiger partial charge in [0.1, 0.15) is 11.4 Å². The van der Waals surface area contributed by atoms with Crippen molar-refractivity contribution < 1.29 is 9.90 Å². The van der Waals surface area contributed by atoms with Crippen molar-refractivity contribution in [3.63, 3.8) is 0 Å². The predicted octanol–water partition coefficient (Wildman–Crippen LogP) is 0.574. The Bertz CT molecular complexity index is 409. The molecule has 1 rings (SSSR count). The Labute approximate surface area is 93.6 Å². The number of nitrogens with two attached hydrogens (primary N) is 1. The van der Waals surface area contributed by atoms with Gasteiger partial charge in [0.2, 0.25) is 0 Å². The van der Waals surface area contributed by atoms with E-state index in [-0.39, 0.29) is 5.69 Å². The van der Waals surface area contributed by atoms with Gasteiger partial charge in [-0.15, -0.1) is 0 Å². The number of rotatable bonds is 5. The van der Waals surface area contributed by atoms with Crippen LogP contribution in [0, 0.1) is 6.92 Å². The van der Waals surface area contributed by atoms with Crippen LogP contribution in [0.25, 0.3) is 0 Å². The van der Waals surface area contributed by atoms with Crippen LogP contribution in [0.15, 0.2) is 4.99 Å². The zero-order valence-electron chi connectivity index (χ0n) is 9.45. The number of aromatic amines is 1. The van der Waals surface area contributed by atoms with E-state index in [9.17, 15) is 4.79 Å². The quantitative estimate of drug-likeness (QED) is 0.502. The molecule has 6 nitrogen and oxygen atoms in total. The van der Waals surface area contributed by atoms with Gasteiger partial charge in [0.15, 0.2) is 0 Å². The predicted molar refractivity (Wildman–Crippen MR) is 61.0 cm³/mol. The molecule has 0 saturated heterocycles. The highest BCUT2D eigenvalue weighted by molar-refractivity contribution is 6.00. The van der Waals surface area contributed by atoms with E-state index in [0.717, 1.165) is 12.1 Å². The first-order chi connectivity index (χ1) is 7.57. The highest BCUT2D eigenvalue weighted by atomic mass is 16.4. The second-order valence-electron chi connectivity index (χ2n) is 3.49. The molecular formula is C10H16N4O2. The summed E-state index contributed by atoms with van der Waals surface area (Å²) < 4.78 is 0. The number of carbonyl (C=O) groups is 1. The number of nitrogens with one attached hydrogen (secondary N) is 1. The van der Waals surface area contributed by atoms with E-state index in [0.29, 0.717) is 24.3 Å². The summed E-state index contributed by atoms with van der Waals surface area (Å²) in [6, 6.07) is 0. The van der Waals surface area contributed by atoms with Gasteiger partial charge in [0.05, 0.1) is 5.71 Å². The number of hydrogen-bond donors (Lipinski definition) is 3. The summed E-state index contributed by atoms with van der Waals surface area (Å²) in [5, 5.41) is 15.3. The summed E-state index contributed by atoms with van der Waals surface area (Å²) in [5.41, 5.74) is 7.42. The SMILES string of the molecule is CC(=NCCCN)c1n[nH]c(C(=O)O)c1C. The average molecular weight is 224 g/mol. The van der Waals surface area contributed by atoms with Crippen molar-refractivity contribution in [2.24, 2.45) is 10.7 Å². The maximum Gasteiger partial charge on any atom is 0.354 e. The van der Waals surface area contributed by atoms with Gasteiger partial charge < -0.3 is 10.8 Å². The van der Waals surface area contributed by atoms with E-state index in [1.807, 2.05) is 6.92 Å². The van der Waals surface area contributed by atoms with Crippen molar-refractivity contribution in [3.05, 3.63) is 17.0 Å². The van der Waals surface area contributed by atoms with E-state index in [1.54, 1.807) is 6.92 Å². The van der Waals surface area contributed by atoms with Gasteiger partial charge in [-0.1, -0.05) is 0 Å². The second-order valence-corrected chi connectivity index (χ2v) is 3.49. The lowest BCUT2D eigenvalue weighted by Gasteiger charge is -1.98. The lowest BCUT2D eigenvalue weighted by atomic mass is 10.1. The van der Waals surface area contributed by atoms with Gasteiger partial charge in [-0.25, -0.2) is 4.79 Å². The molecule has 0 aliphatic heterocycles. The Morgan fingerprint density at radius 1 is 1.62 bits per heavy atom. The molecule has 0 aliphatic rings. The Kier molecular flexibility index (Phi) is 4.19. The monoisotopic (exact) mass is 224 g/mol. The number of H-pyrrole nitrogens is 1. The van der Waals surface area contributed by atoms with Crippen LogP contribution in [-0.4, -0.2) is 40.1 Å². The minimum absolute atomic E-state index is 0.114. The molecule has 0 unspecified atom stereocenters. The molecule has 1 aromatic rings. The van der Waals surface area contributed by atoms with E-state index < -0.39 is 5.97 Å². The molecule has 0 bridgehead atoms. The third-order valence-corrected chi connectivity index (χ3v) is 2.28. The number of nitrogens with zero attached hydrogens (tertiary/aromatic N) is 2. The van der Waals surface area contributed by atoms with Crippen LogP contribution >= 0.6 is 0 Å². The normalized spacial score (nSPS) is 11.8. The highest BCUT2D eigenvalue weighted by Crippen LogP contribution is 2.10. The summed E-state index contributed by atoms with van der Waals surface area (Å²) in [5.74, 6) is -1.01. The van der Waals surface area contributed by atoms with Crippen LogP contribution in [0.3, 0.4) is 0 Å². The molecule has 0 fully saturated rings. The van der Waals surface area contributed by atoms with Crippen LogP contribution in [0.5, 0.6) is 0 Å². The fourth-order valence-electron chi connectivity index (χ4n) is 1.37. The van der Waals surface area contributed by atoms with Crippen LogP contribution in [0.1, 0.15) is 35.1 Å². The smallest absolute Gasteiger partial charge is 0.354 e. The van der Waals surface area contributed by atoms with Crippen LogP contribution in [0.2, 0.25) is 0 Å². The second kappa shape index (κ2) is 5.41. The molecule has 88 valence electrons. The molecule has 6 heteroatoms. The number of aromatic carboxylic acids is 1. The number of aromatic nitrogens is 2. The fourth-order valence-corrected chi connectivity index (χ4v) is 1.37. The maximum atomic E-state index is 10.8.